The third kappa shape index (κ3) is 2.65. The number of aliphatic carboxylic acids is 1. The highest BCUT2D eigenvalue weighted by Crippen LogP contribution is 2.31. The van der Waals surface area contributed by atoms with Crippen molar-refractivity contribution < 1.29 is 9.90 Å². The maximum atomic E-state index is 10.4. The second-order valence-corrected chi connectivity index (χ2v) is 4.64. The Hall–Kier alpha value is -1.16. The molecule has 3 nitrogen and oxygen atoms in total. The third-order valence-corrected chi connectivity index (χ3v) is 3.42. The fourth-order valence-electron chi connectivity index (χ4n) is 1.59. The quantitative estimate of drug-likeness (QED) is 0.825. The number of carbonyl (C=O) groups is 1. The molecule has 0 atom stereocenters. The first-order valence-corrected chi connectivity index (χ1v) is 5.95. The van der Waals surface area contributed by atoms with Gasteiger partial charge in [0.05, 0.1) is 0 Å². The Morgan fingerprint density at radius 1 is 1.53 bits per heavy atom. The molecule has 15 heavy (non-hydrogen) atoms. The van der Waals surface area contributed by atoms with Crippen LogP contribution in [0, 0.1) is 0 Å². The van der Waals surface area contributed by atoms with Crippen LogP contribution in [0.1, 0.15) is 12.0 Å². The molecule has 2 N–H and O–H groups in total. The smallest absolute Gasteiger partial charge is 0.303 e. The van der Waals surface area contributed by atoms with Crippen molar-refractivity contribution in [1.82, 2.24) is 0 Å². The van der Waals surface area contributed by atoms with Crippen molar-refractivity contribution >= 4 is 23.4 Å². The highest BCUT2D eigenvalue weighted by Gasteiger charge is 2.09. The monoisotopic (exact) mass is 223 g/mol. The first kappa shape index (κ1) is 10.4. The average Bonchev–Trinajstić information content (AvgIpc) is 2.26. The van der Waals surface area contributed by atoms with Crippen molar-refractivity contribution in [2.75, 3.05) is 17.6 Å². The average molecular weight is 223 g/mol. The number of anilines is 1. The zero-order valence-electron chi connectivity index (χ0n) is 8.32. The summed E-state index contributed by atoms with van der Waals surface area (Å²) < 4.78 is 0. The summed E-state index contributed by atoms with van der Waals surface area (Å²) in [6.45, 7) is 0.986. The number of benzene rings is 1. The number of carboxylic acids is 1. The zero-order valence-corrected chi connectivity index (χ0v) is 9.14. The lowest BCUT2D eigenvalue weighted by atomic mass is 10.1. The number of hydrogen-bond donors (Lipinski definition) is 2. The molecule has 1 heterocycles. The highest BCUT2D eigenvalue weighted by atomic mass is 32.2. The number of carboxylic acid groups (broad SMARTS) is 1. The molecule has 1 aromatic rings. The lowest BCUT2D eigenvalue weighted by molar-refractivity contribution is -0.136. The van der Waals surface area contributed by atoms with Crippen LogP contribution in [0.5, 0.6) is 0 Å². The Balaban J connectivity index is 2.10. The second kappa shape index (κ2) is 4.57. The van der Waals surface area contributed by atoms with E-state index < -0.39 is 5.97 Å². The van der Waals surface area contributed by atoms with Gasteiger partial charge in [-0.25, -0.2) is 0 Å². The maximum Gasteiger partial charge on any atom is 0.303 e. The SMILES string of the molecule is O=C(O)CCc1ccc2c(c1)NCCS2. The van der Waals surface area contributed by atoms with Gasteiger partial charge in [0.15, 0.2) is 0 Å². The van der Waals surface area contributed by atoms with Gasteiger partial charge >= 0.3 is 5.97 Å². The number of aryl methyl sites for hydroxylation is 1. The first-order valence-electron chi connectivity index (χ1n) is 4.97. The van der Waals surface area contributed by atoms with Gasteiger partial charge in [-0.15, -0.1) is 11.8 Å². The van der Waals surface area contributed by atoms with E-state index in [1.165, 1.54) is 4.90 Å². The van der Waals surface area contributed by atoms with E-state index in [9.17, 15) is 4.79 Å². The molecule has 0 fully saturated rings. The Morgan fingerprint density at radius 2 is 2.40 bits per heavy atom. The van der Waals surface area contributed by atoms with Gasteiger partial charge in [0.1, 0.15) is 0 Å². The van der Waals surface area contributed by atoms with Crippen molar-refractivity contribution in [2.45, 2.75) is 17.7 Å². The van der Waals surface area contributed by atoms with Crippen molar-refractivity contribution in [3.05, 3.63) is 23.8 Å². The summed E-state index contributed by atoms with van der Waals surface area (Å²) in [7, 11) is 0. The molecule has 1 aromatic carbocycles. The number of hydrogen-bond acceptors (Lipinski definition) is 3. The van der Waals surface area contributed by atoms with Crippen LogP contribution in [0.15, 0.2) is 23.1 Å². The highest BCUT2D eigenvalue weighted by molar-refractivity contribution is 7.99. The fraction of sp³-hybridized carbons (Fsp3) is 0.364. The third-order valence-electron chi connectivity index (χ3n) is 2.35. The van der Waals surface area contributed by atoms with Crippen LogP contribution in [0.4, 0.5) is 5.69 Å². The minimum absolute atomic E-state index is 0.200. The van der Waals surface area contributed by atoms with E-state index in [2.05, 4.69) is 17.4 Å². The number of rotatable bonds is 3. The van der Waals surface area contributed by atoms with E-state index in [1.807, 2.05) is 17.8 Å². The molecule has 0 saturated carbocycles. The van der Waals surface area contributed by atoms with Gasteiger partial charge in [0.25, 0.3) is 0 Å². The Labute approximate surface area is 92.9 Å². The van der Waals surface area contributed by atoms with Crippen molar-refractivity contribution in [3.63, 3.8) is 0 Å². The summed E-state index contributed by atoms with van der Waals surface area (Å²) >= 11 is 1.84. The molecule has 0 bridgehead atoms. The van der Waals surface area contributed by atoms with Gasteiger partial charge in [0, 0.05) is 29.3 Å². The predicted octanol–water partition coefficient (Wildman–Crippen LogP) is 2.22. The molecule has 0 amide bonds. The summed E-state index contributed by atoms with van der Waals surface area (Å²) in [6, 6.07) is 6.15. The van der Waals surface area contributed by atoms with Crippen LogP contribution >= 0.6 is 11.8 Å². The summed E-state index contributed by atoms with van der Waals surface area (Å²) in [5.74, 6) is 0.358. The van der Waals surface area contributed by atoms with Crippen LogP contribution in [0.25, 0.3) is 0 Å². The first-order chi connectivity index (χ1) is 7.25. The van der Waals surface area contributed by atoms with Gasteiger partial charge in [0.2, 0.25) is 0 Å². The minimum atomic E-state index is -0.741. The summed E-state index contributed by atoms with van der Waals surface area (Å²) in [5.41, 5.74) is 2.24. The van der Waals surface area contributed by atoms with Gasteiger partial charge in [-0.1, -0.05) is 6.07 Å². The van der Waals surface area contributed by atoms with E-state index in [0.717, 1.165) is 23.5 Å². The van der Waals surface area contributed by atoms with Crippen molar-refractivity contribution in [1.29, 1.82) is 0 Å². The molecule has 0 unspecified atom stereocenters. The lowest BCUT2D eigenvalue weighted by Crippen LogP contribution is -2.10. The molecule has 0 aromatic heterocycles. The second-order valence-electron chi connectivity index (χ2n) is 3.50. The molecule has 0 aliphatic carbocycles. The van der Waals surface area contributed by atoms with E-state index in [-0.39, 0.29) is 6.42 Å². The van der Waals surface area contributed by atoms with Crippen LogP contribution in [0.3, 0.4) is 0 Å². The Kier molecular flexibility index (Phi) is 3.16. The van der Waals surface area contributed by atoms with Gasteiger partial charge < -0.3 is 10.4 Å². The number of nitrogens with one attached hydrogen (secondary N) is 1. The zero-order chi connectivity index (χ0) is 10.7. The fourth-order valence-corrected chi connectivity index (χ4v) is 2.47. The van der Waals surface area contributed by atoms with E-state index in [0.29, 0.717) is 6.42 Å². The van der Waals surface area contributed by atoms with E-state index >= 15 is 0 Å². The van der Waals surface area contributed by atoms with Crippen LogP contribution in [-0.2, 0) is 11.2 Å². The van der Waals surface area contributed by atoms with Crippen LogP contribution in [0.2, 0.25) is 0 Å². The Bertz CT molecular complexity index is 379. The Morgan fingerprint density at radius 3 is 3.20 bits per heavy atom. The lowest BCUT2D eigenvalue weighted by Gasteiger charge is -2.18. The molecule has 1 aliphatic rings. The molecule has 1 aliphatic heterocycles. The van der Waals surface area contributed by atoms with Gasteiger partial charge in [-0.05, 0) is 24.1 Å². The molecular formula is C11H13NO2S. The standard InChI is InChI=1S/C11H13NO2S/c13-11(14)4-2-8-1-3-10-9(7-8)12-5-6-15-10/h1,3,7,12H,2,4-6H2,(H,13,14). The molecule has 80 valence electrons. The van der Waals surface area contributed by atoms with E-state index in [1.54, 1.807) is 0 Å². The maximum absolute atomic E-state index is 10.4. The van der Waals surface area contributed by atoms with Crippen LogP contribution in [-0.4, -0.2) is 23.4 Å². The summed E-state index contributed by atoms with van der Waals surface area (Å²) in [4.78, 5) is 11.7. The summed E-state index contributed by atoms with van der Waals surface area (Å²) in [6.07, 6.45) is 0.806. The topological polar surface area (TPSA) is 49.3 Å². The van der Waals surface area contributed by atoms with Crippen molar-refractivity contribution in [3.8, 4) is 0 Å². The van der Waals surface area contributed by atoms with Gasteiger partial charge in [-0.3, -0.25) is 4.79 Å². The number of thioether (sulfide) groups is 1. The minimum Gasteiger partial charge on any atom is -0.481 e. The molecule has 4 heteroatoms. The largest absolute Gasteiger partial charge is 0.481 e. The number of fused-ring (bicyclic) bond motifs is 1. The van der Waals surface area contributed by atoms with Crippen molar-refractivity contribution in [2.24, 2.45) is 0 Å². The summed E-state index contributed by atoms with van der Waals surface area (Å²) in [5, 5.41) is 11.9. The molecule has 0 radical (unpaired) electrons. The molecule has 2 rings (SSSR count). The van der Waals surface area contributed by atoms with E-state index in [4.69, 9.17) is 5.11 Å². The van der Waals surface area contributed by atoms with Crippen LogP contribution < -0.4 is 5.32 Å². The molecule has 0 spiro atoms. The normalized spacial score (nSPS) is 14.1. The van der Waals surface area contributed by atoms with Gasteiger partial charge in [-0.2, -0.15) is 0 Å². The molecule has 0 saturated heterocycles. The molecular weight excluding hydrogens is 210 g/mol. The predicted molar refractivity (Wildman–Crippen MR) is 61.6 cm³/mol.